The first-order valence-electron chi connectivity index (χ1n) is 12.8. The highest BCUT2D eigenvalue weighted by molar-refractivity contribution is 7.92. The fraction of sp³-hybridized carbons (Fsp3) is 0.500. The van der Waals surface area contributed by atoms with Gasteiger partial charge in [0.1, 0.15) is 11.8 Å². The number of benzene rings is 2. The maximum absolute atomic E-state index is 13.4. The third-order valence-electron chi connectivity index (χ3n) is 6.36. The fourth-order valence-corrected chi connectivity index (χ4v) is 4.86. The number of anilines is 1. The van der Waals surface area contributed by atoms with Crippen LogP contribution >= 0.6 is 0 Å². The molecule has 0 fully saturated rings. The van der Waals surface area contributed by atoms with E-state index in [9.17, 15) is 18.0 Å². The van der Waals surface area contributed by atoms with E-state index in [-0.39, 0.29) is 30.8 Å². The van der Waals surface area contributed by atoms with Crippen LogP contribution in [0.2, 0.25) is 0 Å². The summed E-state index contributed by atoms with van der Waals surface area (Å²) in [5.74, 6) is 0.255. The number of nitrogens with one attached hydrogen (secondary N) is 1. The zero-order valence-corrected chi connectivity index (χ0v) is 23.7. The summed E-state index contributed by atoms with van der Waals surface area (Å²) < 4.78 is 31.7. The van der Waals surface area contributed by atoms with Crippen LogP contribution in [0, 0.1) is 6.92 Å². The Labute approximate surface area is 222 Å². The van der Waals surface area contributed by atoms with Gasteiger partial charge < -0.3 is 15.0 Å². The van der Waals surface area contributed by atoms with Crippen LogP contribution in [0.25, 0.3) is 0 Å². The van der Waals surface area contributed by atoms with E-state index >= 15 is 0 Å². The zero-order valence-electron chi connectivity index (χ0n) is 22.9. The van der Waals surface area contributed by atoms with Crippen LogP contribution in [-0.2, 0) is 26.2 Å². The Balaban J connectivity index is 2.17. The van der Waals surface area contributed by atoms with E-state index < -0.39 is 16.1 Å². The van der Waals surface area contributed by atoms with E-state index in [1.54, 1.807) is 36.1 Å². The number of aryl methyl sites for hydroxylation is 1. The van der Waals surface area contributed by atoms with Gasteiger partial charge in [0.25, 0.3) is 0 Å². The number of amides is 2. The predicted molar refractivity (Wildman–Crippen MR) is 148 cm³/mol. The van der Waals surface area contributed by atoms with Crippen LogP contribution in [0.5, 0.6) is 5.75 Å². The average Bonchev–Trinajstić information content (AvgIpc) is 2.85. The first-order chi connectivity index (χ1) is 17.5. The number of rotatable bonds is 14. The highest BCUT2D eigenvalue weighted by Crippen LogP contribution is 2.23. The SMILES string of the molecule is CCOc1ccc(N(CCCC(=O)N(Cc2ccccc2C)[C@@H](C)C(=O)N[C@H](C)CC)S(C)(=O)=O)cc1. The Morgan fingerprint density at radius 1 is 1.03 bits per heavy atom. The second-order valence-electron chi connectivity index (χ2n) is 9.31. The molecule has 2 atom stereocenters. The second-order valence-corrected chi connectivity index (χ2v) is 11.2. The van der Waals surface area contributed by atoms with Crippen molar-refractivity contribution in [3.05, 3.63) is 59.7 Å². The molecule has 0 aliphatic rings. The van der Waals surface area contributed by atoms with Crippen molar-refractivity contribution < 1.29 is 22.7 Å². The molecular weight excluding hydrogens is 490 g/mol. The normalized spacial score (nSPS) is 12.9. The lowest BCUT2D eigenvalue weighted by Gasteiger charge is -2.30. The molecule has 8 nitrogen and oxygen atoms in total. The van der Waals surface area contributed by atoms with Crippen LogP contribution < -0.4 is 14.4 Å². The van der Waals surface area contributed by atoms with Crippen molar-refractivity contribution in [2.24, 2.45) is 0 Å². The molecule has 2 amide bonds. The number of carbonyl (C=O) groups excluding carboxylic acids is 2. The summed E-state index contributed by atoms with van der Waals surface area (Å²) >= 11 is 0. The van der Waals surface area contributed by atoms with Crippen LogP contribution in [0.1, 0.15) is 58.1 Å². The van der Waals surface area contributed by atoms with Gasteiger partial charge in [-0.2, -0.15) is 0 Å². The monoisotopic (exact) mass is 531 g/mol. The van der Waals surface area contributed by atoms with Gasteiger partial charge in [-0.1, -0.05) is 31.2 Å². The minimum atomic E-state index is -3.56. The average molecular weight is 532 g/mol. The number of hydrogen-bond acceptors (Lipinski definition) is 5. The van der Waals surface area contributed by atoms with Crippen LogP contribution in [0.4, 0.5) is 5.69 Å². The molecule has 0 saturated heterocycles. The fourth-order valence-electron chi connectivity index (χ4n) is 3.90. The number of nitrogens with zero attached hydrogens (tertiary/aromatic N) is 2. The Hall–Kier alpha value is -3.07. The van der Waals surface area contributed by atoms with Crippen molar-refractivity contribution in [3.63, 3.8) is 0 Å². The molecule has 0 aromatic heterocycles. The highest BCUT2D eigenvalue weighted by atomic mass is 32.2. The first kappa shape index (κ1) is 30.2. The molecule has 2 aromatic rings. The third kappa shape index (κ3) is 9.07. The lowest BCUT2D eigenvalue weighted by Crippen LogP contribution is -2.49. The van der Waals surface area contributed by atoms with Crippen LogP contribution in [0.3, 0.4) is 0 Å². The van der Waals surface area contributed by atoms with E-state index in [1.807, 2.05) is 52.0 Å². The molecule has 204 valence electrons. The smallest absolute Gasteiger partial charge is 0.242 e. The maximum atomic E-state index is 13.4. The number of ether oxygens (including phenoxy) is 1. The molecule has 0 spiro atoms. The van der Waals surface area contributed by atoms with Crippen LogP contribution in [0.15, 0.2) is 48.5 Å². The van der Waals surface area contributed by atoms with Gasteiger partial charge in [-0.05, 0) is 75.9 Å². The summed E-state index contributed by atoms with van der Waals surface area (Å²) in [6.45, 7) is 10.5. The Morgan fingerprint density at radius 3 is 2.24 bits per heavy atom. The van der Waals surface area contributed by atoms with Gasteiger partial charge in [0.05, 0.1) is 18.6 Å². The molecule has 0 aliphatic carbocycles. The molecule has 0 saturated carbocycles. The molecule has 9 heteroatoms. The standard InChI is InChI=1S/C28H41N3O5S/c1-7-22(4)29-28(33)23(5)30(20-24-13-10-9-12-21(24)3)27(32)14-11-19-31(37(6,34)35)25-15-17-26(18-16-25)36-8-2/h9-10,12-13,15-18,22-23H,7-8,11,14,19-20H2,1-6H3,(H,29,33)/t22-,23+/m1/s1. The lowest BCUT2D eigenvalue weighted by molar-refractivity contribution is -0.140. The number of carbonyl (C=O) groups is 2. The molecule has 0 heterocycles. The predicted octanol–water partition coefficient (Wildman–Crippen LogP) is 4.27. The molecule has 0 aliphatic heterocycles. The van der Waals surface area contributed by atoms with Crippen LogP contribution in [-0.4, -0.2) is 56.6 Å². The third-order valence-corrected chi connectivity index (χ3v) is 7.55. The molecule has 2 rings (SSSR count). The van der Waals surface area contributed by atoms with E-state index in [0.29, 0.717) is 31.0 Å². The Bertz CT molecular complexity index is 1130. The molecule has 0 unspecified atom stereocenters. The lowest BCUT2D eigenvalue weighted by atomic mass is 10.1. The van der Waals surface area contributed by atoms with E-state index in [2.05, 4.69) is 5.32 Å². The summed E-state index contributed by atoms with van der Waals surface area (Å²) in [4.78, 5) is 27.9. The summed E-state index contributed by atoms with van der Waals surface area (Å²) in [6.07, 6.45) is 2.35. The van der Waals surface area contributed by atoms with Gasteiger partial charge in [-0.25, -0.2) is 8.42 Å². The summed E-state index contributed by atoms with van der Waals surface area (Å²) in [5.41, 5.74) is 2.51. The van der Waals surface area contributed by atoms with Crippen molar-refractivity contribution in [3.8, 4) is 5.75 Å². The number of sulfonamides is 1. The minimum absolute atomic E-state index is 0.00259. The van der Waals surface area contributed by atoms with Gasteiger partial charge in [0, 0.05) is 25.6 Å². The van der Waals surface area contributed by atoms with Gasteiger partial charge in [0.2, 0.25) is 21.8 Å². The molecule has 2 aromatic carbocycles. The van der Waals surface area contributed by atoms with Crippen molar-refractivity contribution >= 4 is 27.5 Å². The van der Waals surface area contributed by atoms with Gasteiger partial charge in [-0.15, -0.1) is 0 Å². The topological polar surface area (TPSA) is 96.0 Å². The maximum Gasteiger partial charge on any atom is 0.242 e. The highest BCUT2D eigenvalue weighted by Gasteiger charge is 2.27. The van der Waals surface area contributed by atoms with Gasteiger partial charge in [0.15, 0.2) is 0 Å². The summed E-state index contributed by atoms with van der Waals surface area (Å²) in [6, 6.07) is 13.9. The van der Waals surface area contributed by atoms with E-state index in [1.165, 1.54) is 4.31 Å². The second kappa shape index (κ2) is 14.0. The van der Waals surface area contributed by atoms with Gasteiger partial charge >= 0.3 is 0 Å². The van der Waals surface area contributed by atoms with Crippen molar-refractivity contribution in [1.82, 2.24) is 10.2 Å². The van der Waals surface area contributed by atoms with Crippen molar-refractivity contribution in [2.45, 2.75) is 72.5 Å². The van der Waals surface area contributed by atoms with Crippen molar-refractivity contribution in [1.29, 1.82) is 0 Å². The molecule has 0 radical (unpaired) electrons. The molecule has 37 heavy (non-hydrogen) atoms. The van der Waals surface area contributed by atoms with Gasteiger partial charge in [-0.3, -0.25) is 13.9 Å². The summed E-state index contributed by atoms with van der Waals surface area (Å²) in [5, 5.41) is 2.96. The zero-order chi connectivity index (χ0) is 27.6. The first-order valence-corrected chi connectivity index (χ1v) is 14.7. The summed E-state index contributed by atoms with van der Waals surface area (Å²) in [7, 11) is -3.56. The quantitative estimate of drug-likeness (QED) is 0.393. The number of hydrogen-bond donors (Lipinski definition) is 1. The molecule has 1 N–H and O–H groups in total. The molecule has 0 bridgehead atoms. The van der Waals surface area contributed by atoms with Crippen molar-refractivity contribution in [2.75, 3.05) is 23.7 Å². The Kier molecular flexibility index (Phi) is 11.4. The largest absolute Gasteiger partial charge is 0.494 e. The minimum Gasteiger partial charge on any atom is -0.494 e. The van der Waals surface area contributed by atoms with E-state index in [4.69, 9.17) is 4.74 Å². The Morgan fingerprint density at radius 2 is 1.68 bits per heavy atom. The van der Waals surface area contributed by atoms with E-state index in [0.717, 1.165) is 23.8 Å². The molecular formula is C28H41N3O5S.